The predicted octanol–water partition coefficient (Wildman–Crippen LogP) is 1.01. The molecule has 0 aliphatic heterocycles. The summed E-state index contributed by atoms with van der Waals surface area (Å²) in [4.78, 5) is 33.8. The van der Waals surface area contributed by atoms with Gasteiger partial charge in [-0.2, -0.15) is 0 Å². The number of Topliss-reactive ketones (excluding diaryl/α,β-unsaturated/α-hetero) is 1. The highest BCUT2D eigenvalue weighted by molar-refractivity contribution is 6.01. The number of hydrogen-bond donors (Lipinski definition) is 1. The lowest BCUT2D eigenvalue weighted by Gasteiger charge is -2.25. The molecule has 0 saturated heterocycles. The van der Waals surface area contributed by atoms with Crippen LogP contribution in [0.15, 0.2) is 0 Å². The van der Waals surface area contributed by atoms with Crippen LogP contribution in [0, 0.1) is 11.8 Å². The van der Waals surface area contributed by atoms with Crippen LogP contribution >= 0.6 is 0 Å². The van der Waals surface area contributed by atoms with Crippen LogP contribution in [0.2, 0.25) is 0 Å². The van der Waals surface area contributed by atoms with Gasteiger partial charge < -0.3 is 9.84 Å². The molecule has 0 heterocycles. The van der Waals surface area contributed by atoms with Gasteiger partial charge in [-0.25, -0.2) is 0 Å². The molecule has 0 bridgehead atoms. The summed E-state index contributed by atoms with van der Waals surface area (Å²) in [5.74, 6) is -3.06. The molecule has 1 aliphatic carbocycles. The Balaban J connectivity index is 2.63. The van der Waals surface area contributed by atoms with Crippen LogP contribution in [-0.2, 0) is 19.1 Å². The first kappa shape index (κ1) is 12.7. The van der Waals surface area contributed by atoms with Crippen molar-refractivity contribution in [3.8, 4) is 0 Å². The number of rotatable bonds is 4. The number of carbonyl (C=O) groups excluding carboxylic acids is 2. The Labute approximate surface area is 93.8 Å². The maximum atomic E-state index is 11.8. The normalized spacial score (nSPS) is 25.2. The Morgan fingerprint density at radius 1 is 1.44 bits per heavy atom. The number of carboxylic acids is 1. The number of ether oxygens (including phenoxy) is 1. The Bertz CT molecular complexity index is 297. The first-order chi connectivity index (χ1) is 7.56. The van der Waals surface area contributed by atoms with Gasteiger partial charge in [-0.1, -0.05) is 6.42 Å². The van der Waals surface area contributed by atoms with Crippen LogP contribution in [0.4, 0.5) is 0 Å². The molecule has 0 radical (unpaired) electrons. The number of ketones is 1. The van der Waals surface area contributed by atoms with Crippen molar-refractivity contribution in [2.24, 2.45) is 11.8 Å². The van der Waals surface area contributed by atoms with Gasteiger partial charge in [0.2, 0.25) is 0 Å². The fraction of sp³-hybridized carbons (Fsp3) is 0.727. The second-order valence-corrected chi connectivity index (χ2v) is 3.93. The Hall–Kier alpha value is -1.39. The molecule has 1 aliphatic rings. The van der Waals surface area contributed by atoms with Crippen LogP contribution in [-0.4, -0.2) is 29.4 Å². The first-order valence-electron chi connectivity index (χ1n) is 5.48. The predicted molar refractivity (Wildman–Crippen MR) is 54.7 cm³/mol. The molecule has 5 nitrogen and oxygen atoms in total. The summed E-state index contributed by atoms with van der Waals surface area (Å²) >= 11 is 0. The molecule has 1 saturated carbocycles. The zero-order valence-corrected chi connectivity index (χ0v) is 9.27. The van der Waals surface area contributed by atoms with Gasteiger partial charge in [0, 0.05) is 5.92 Å². The quantitative estimate of drug-likeness (QED) is 0.573. The van der Waals surface area contributed by atoms with Crippen molar-refractivity contribution in [3.63, 3.8) is 0 Å². The number of carboxylic acid groups (broad SMARTS) is 1. The summed E-state index contributed by atoms with van der Waals surface area (Å²) in [5, 5.41) is 8.64. The summed E-state index contributed by atoms with van der Waals surface area (Å²) in [6, 6.07) is 0. The highest BCUT2D eigenvalue weighted by Crippen LogP contribution is 2.28. The van der Waals surface area contributed by atoms with E-state index in [-0.39, 0.29) is 18.8 Å². The second-order valence-electron chi connectivity index (χ2n) is 3.93. The zero-order valence-electron chi connectivity index (χ0n) is 9.27. The molecule has 0 aromatic heterocycles. The Morgan fingerprint density at radius 2 is 2.12 bits per heavy atom. The number of hydrogen-bond acceptors (Lipinski definition) is 4. The SMILES string of the molecule is CCOC(=O)C1CCCC(CC(=O)O)C1=O. The van der Waals surface area contributed by atoms with Crippen molar-refractivity contribution in [2.75, 3.05) is 6.61 Å². The molecule has 16 heavy (non-hydrogen) atoms. The first-order valence-corrected chi connectivity index (χ1v) is 5.48. The highest BCUT2D eigenvalue weighted by atomic mass is 16.5. The molecule has 1 N–H and O–H groups in total. The van der Waals surface area contributed by atoms with E-state index in [4.69, 9.17) is 9.84 Å². The van der Waals surface area contributed by atoms with Gasteiger partial charge in [0.15, 0.2) is 5.78 Å². The Morgan fingerprint density at radius 3 is 2.69 bits per heavy atom. The molecule has 2 atom stereocenters. The number of aliphatic carboxylic acids is 1. The zero-order chi connectivity index (χ0) is 12.1. The lowest BCUT2D eigenvalue weighted by atomic mass is 9.78. The summed E-state index contributed by atoms with van der Waals surface area (Å²) in [5.41, 5.74) is 0. The molecule has 90 valence electrons. The minimum Gasteiger partial charge on any atom is -0.481 e. The molecule has 0 aromatic carbocycles. The molecular weight excluding hydrogens is 212 g/mol. The van der Waals surface area contributed by atoms with E-state index in [1.807, 2.05) is 0 Å². The number of carbonyl (C=O) groups is 3. The molecule has 5 heteroatoms. The molecule has 1 rings (SSSR count). The molecular formula is C11H16O5. The lowest BCUT2D eigenvalue weighted by molar-refractivity contribution is -0.156. The van der Waals surface area contributed by atoms with Crippen molar-refractivity contribution >= 4 is 17.7 Å². The van der Waals surface area contributed by atoms with Crippen molar-refractivity contribution in [3.05, 3.63) is 0 Å². The molecule has 0 spiro atoms. The van der Waals surface area contributed by atoms with Gasteiger partial charge in [-0.05, 0) is 19.8 Å². The fourth-order valence-corrected chi connectivity index (χ4v) is 2.03. The van der Waals surface area contributed by atoms with E-state index in [1.54, 1.807) is 6.92 Å². The maximum absolute atomic E-state index is 11.8. The largest absolute Gasteiger partial charge is 0.481 e. The van der Waals surface area contributed by atoms with Crippen LogP contribution in [0.3, 0.4) is 0 Å². The third-order valence-corrected chi connectivity index (χ3v) is 2.78. The van der Waals surface area contributed by atoms with Crippen LogP contribution < -0.4 is 0 Å². The lowest BCUT2D eigenvalue weighted by Crippen LogP contribution is -2.35. The summed E-state index contributed by atoms with van der Waals surface area (Å²) in [6.07, 6.45) is 1.55. The molecule has 0 aromatic rings. The summed E-state index contributed by atoms with van der Waals surface area (Å²) in [6.45, 7) is 1.92. The van der Waals surface area contributed by atoms with E-state index >= 15 is 0 Å². The van der Waals surface area contributed by atoms with E-state index in [0.29, 0.717) is 19.3 Å². The Kier molecular flexibility index (Phi) is 4.46. The van der Waals surface area contributed by atoms with E-state index in [9.17, 15) is 14.4 Å². The summed E-state index contributed by atoms with van der Waals surface area (Å²) < 4.78 is 4.80. The topological polar surface area (TPSA) is 80.7 Å². The standard InChI is InChI=1S/C11H16O5/c1-2-16-11(15)8-5-3-4-7(10(8)14)6-9(12)13/h7-8H,2-6H2,1H3,(H,12,13). The third kappa shape index (κ3) is 3.05. The molecule has 2 unspecified atom stereocenters. The van der Waals surface area contributed by atoms with Crippen molar-refractivity contribution in [2.45, 2.75) is 32.6 Å². The average molecular weight is 228 g/mol. The van der Waals surface area contributed by atoms with Crippen molar-refractivity contribution < 1.29 is 24.2 Å². The van der Waals surface area contributed by atoms with E-state index in [2.05, 4.69) is 0 Å². The van der Waals surface area contributed by atoms with Gasteiger partial charge in [-0.3, -0.25) is 14.4 Å². The minimum atomic E-state index is -0.997. The molecule has 1 fully saturated rings. The second kappa shape index (κ2) is 5.63. The van der Waals surface area contributed by atoms with Gasteiger partial charge in [0.25, 0.3) is 0 Å². The van der Waals surface area contributed by atoms with Crippen LogP contribution in [0.25, 0.3) is 0 Å². The van der Waals surface area contributed by atoms with Gasteiger partial charge in [-0.15, -0.1) is 0 Å². The van der Waals surface area contributed by atoms with Crippen LogP contribution in [0.5, 0.6) is 0 Å². The van der Waals surface area contributed by atoms with E-state index in [0.717, 1.165) is 0 Å². The van der Waals surface area contributed by atoms with E-state index in [1.165, 1.54) is 0 Å². The maximum Gasteiger partial charge on any atom is 0.316 e. The van der Waals surface area contributed by atoms with Gasteiger partial charge >= 0.3 is 11.9 Å². The van der Waals surface area contributed by atoms with Gasteiger partial charge in [0.05, 0.1) is 13.0 Å². The fourth-order valence-electron chi connectivity index (χ4n) is 2.03. The summed E-state index contributed by atoms with van der Waals surface area (Å²) in [7, 11) is 0. The van der Waals surface area contributed by atoms with Crippen molar-refractivity contribution in [1.29, 1.82) is 0 Å². The smallest absolute Gasteiger partial charge is 0.316 e. The van der Waals surface area contributed by atoms with Crippen LogP contribution in [0.1, 0.15) is 32.6 Å². The number of esters is 1. The minimum absolute atomic E-state index is 0.186. The average Bonchev–Trinajstić information content (AvgIpc) is 2.21. The molecule has 0 amide bonds. The van der Waals surface area contributed by atoms with Crippen molar-refractivity contribution in [1.82, 2.24) is 0 Å². The van der Waals surface area contributed by atoms with E-state index < -0.39 is 23.8 Å². The highest BCUT2D eigenvalue weighted by Gasteiger charge is 2.37. The monoisotopic (exact) mass is 228 g/mol. The third-order valence-electron chi connectivity index (χ3n) is 2.78. The van der Waals surface area contributed by atoms with Gasteiger partial charge in [0.1, 0.15) is 5.92 Å².